The molecule has 1 aliphatic rings. The van der Waals surface area contributed by atoms with Gasteiger partial charge in [-0.2, -0.15) is 0 Å². The normalized spacial score (nSPS) is 15.2. The van der Waals surface area contributed by atoms with E-state index in [0.29, 0.717) is 10.0 Å². The number of halogens is 4. The van der Waals surface area contributed by atoms with Gasteiger partial charge in [0, 0.05) is 60.7 Å². The van der Waals surface area contributed by atoms with Crippen molar-refractivity contribution in [3.05, 3.63) is 54.5 Å². The summed E-state index contributed by atoms with van der Waals surface area (Å²) in [4.78, 5) is 21.5. The van der Waals surface area contributed by atoms with Crippen LogP contribution in [0.3, 0.4) is 0 Å². The molecule has 0 unspecified atom stereocenters. The van der Waals surface area contributed by atoms with E-state index in [1.165, 1.54) is 0 Å². The minimum Gasteiger partial charge on any atom is -0.340 e. The van der Waals surface area contributed by atoms with Gasteiger partial charge in [-0.3, -0.25) is 4.90 Å². The summed E-state index contributed by atoms with van der Waals surface area (Å²) < 4.78 is 1.85. The smallest absolute Gasteiger partial charge is 0.225 e. The molecule has 0 aliphatic carbocycles. The van der Waals surface area contributed by atoms with Crippen molar-refractivity contribution in [2.24, 2.45) is 0 Å². The Hall–Kier alpha value is -0.940. The van der Waals surface area contributed by atoms with Crippen LogP contribution in [-0.4, -0.2) is 51.0 Å². The Bertz CT molecular complexity index is 952. The summed E-state index contributed by atoms with van der Waals surface area (Å²) in [6, 6.07) is 5.45. The van der Waals surface area contributed by atoms with Crippen molar-refractivity contribution in [1.82, 2.24) is 24.8 Å². The standard InChI is InChI=1S/C18H16BrCl2IN6/c19-12-8-23-18(24-9-12)28-3-1-27(2-4-28)10-15-16(22)26-17(25-15)11-5-13(20)7-14(21)6-11/h5-9H,1-4,10H2,(H,25,26). The molecule has 1 fully saturated rings. The molecule has 3 aromatic rings. The van der Waals surface area contributed by atoms with Gasteiger partial charge in [-0.05, 0) is 56.7 Å². The van der Waals surface area contributed by atoms with E-state index in [1.807, 2.05) is 12.1 Å². The maximum absolute atomic E-state index is 6.12. The van der Waals surface area contributed by atoms with Gasteiger partial charge in [-0.25, -0.2) is 15.0 Å². The average Bonchev–Trinajstić information content (AvgIpc) is 3.03. The zero-order chi connectivity index (χ0) is 19.7. The Labute approximate surface area is 194 Å². The molecule has 0 spiro atoms. The van der Waals surface area contributed by atoms with Gasteiger partial charge in [-0.1, -0.05) is 23.2 Å². The Morgan fingerprint density at radius 1 is 1.04 bits per heavy atom. The molecule has 10 heteroatoms. The van der Waals surface area contributed by atoms with Gasteiger partial charge in [0.2, 0.25) is 5.95 Å². The number of benzene rings is 1. The van der Waals surface area contributed by atoms with Crippen LogP contribution in [-0.2, 0) is 6.54 Å². The number of hydrogen-bond acceptors (Lipinski definition) is 5. The number of aromatic nitrogens is 4. The molecule has 1 aliphatic heterocycles. The number of imidazole rings is 1. The summed E-state index contributed by atoms with van der Waals surface area (Å²) in [7, 11) is 0. The third kappa shape index (κ3) is 4.79. The maximum atomic E-state index is 6.12. The highest BCUT2D eigenvalue weighted by Crippen LogP contribution is 2.27. The zero-order valence-electron chi connectivity index (χ0n) is 14.7. The van der Waals surface area contributed by atoms with E-state index in [4.69, 9.17) is 23.2 Å². The fourth-order valence-electron chi connectivity index (χ4n) is 3.12. The van der Waals surface area contributed by atoms with E-state index in [1.54, 1.807) is 18.5 Å². The van der Waals surface area contributed by atoms with Crippen LogP contribution in [0, 0.1) is 3.70 Å². The first-order chi connectivity index (χ1) is 13.5. The quantitative estimate of drug-likeness (QED) is 0.438. The fourth-order valence-corrected chi connectivity index (χ4v) is 4.40. The van der Waals surface area contributed by atoms with Crippen LogP contribution in [0.2, 0.25) is 10.0 Å². The molecule has 1 aromatic carbocycles. The lowest BCUT2D eigenvalue weighted by atomic mass is 10.2. The molecule has 4 rings (SSSR count). The van der Waals surface area contributed by atoms with Crippen molar-refractivity contribution in [1.29, 1.82) is 0 Å². The van der Waals surface area contributed by atoms with Crippen LogP contribution in [0.5, 0.6) is 0 Å². The fraction of sp³-hybridized carbons (Fsp3) is 0.278. The van der Waals surface area contributed by atoms with Crippen molar-refractivity contribution < 1.29 is 0 Å². The average molecular weight is 594 g/mol. The van der Waals surface area contributed by atoms with Crippen LogP contribution in [0.25, 0.3) is 11.4 Å². The second-order valence-electron chi connectivity index (χ2n) is 6.48. The predicted molar refractivity (Wildman–Crippen MR) is 124 cm³/mol. The molecule has 0 bridgehead atoms. The second-order valence-corrected chi connectivity index (χ2v) is 9.29. The highest BCUT2D eigenvalue weighted by molar-refractivity contribution is 14.1. The lowest BCUT2D eigenvalue weighted by molar-refractivity contribution is 0.246. The van der Waals surface area contributed by atoms with Crippen molar-refractivity contribution in [3.8, 4) is 11.4 Å². The number of nitrogens with zero attached hydrogens (tertiary/aromatic N) is 5. The molecule has 0 atom stereocenters. The lowest BCUT2D eigenvalue weighted by Crippen LogP contribution is -2.46. The van der Waals surface area contributed by atoms with Crippen LogP contribution in [0.4, 0.5) is 5.95 Å². The van der Waals surface area contributed by atoms with E-state index in [2.05, 4.69) is 68.3 Å². The summed E-state index contributed by atoms with van der Waals surface area (Å²) >= 11 is 17.9. The summed E-state index contributed by atoms with van der Waals surface area (Å²) in [5.41, 5.74) is 1.99. The molecule has 146 valence electrons. The summed E-state index contributed by atoms with van der Waals surface area (Å²) in [6.45, 7) is 4.47. The van der Waals surface area contributed by atoms with E-state index in [0.717, 1.165) is 63.9 Å². The molecule has 28 heavy (non-hydrogen) atoms. The van der Waals surface area contributed by atoms with Gasteiger partial charge >= 0.3 is 0 Å². The van der Waals surface area contributed by atoms with Gasteiger partial charge < -0.3 is 9.88 Å². The molecule has 2 aromatic heterocycles. The number of piperazine rings is 1. The Balaban J connectivity index is 1.41. The first kappa shape index (κ1) is 20.3. The van der Waals surface area contributed by atoms with Crippen molar-refractivity contribution >= 4 is 67.7 Å². The van der Waals surface area contributed by atoms with Crippen molar-refractivity contribution in [2.75, 3.05) is 31.1 Å². The predicted octanol–water partition coefficient (Wildman–Crippen LogP) is 4.86. The molecule has 1 saturated heterocycles. The Morgan fingerprint density at radius 2 is 1.68 bits per heavy atom. The molecule has 0 radical (unpaired) electrons. The number of aromatic amines is 1. The minimum absolute atomic E-state index is 0.599. The van der Waals surface area contributed by atoms with Gasteiger partial charge in [0.15, 0.2) is 0 Å². The van der Waals surface area contributed by atoms with Gasteiger partial charge in [0.25, 0.3) is 0 Å². The van der Waals surface area contributed by atoms with Gasteiger partial charge in [0.1, 0.15) is 9.53 Å². The number of H-pyrrole nitrogens is 1. The zero-order valence-corrected chi connectivity index (χ0v) is 19.9. The van der Waals surface area contributed by atoms with E-state index in [-0.39, 0.29) is 0 Å². The molecule has 3 heterocycles. The third-order valence-corrected chi connectivity index (χ3v) is 6.25. The molecule has 0 amide bonds. The third-order valence-electron chi connectivity index (χ3n) is 4.51. The van der Waals surface area contributed by atoms with Crippen molar-refractivity contribution in [2.45, 2.75) is 6.54 Å². The number of rotatable bonds is 4. The highest BCUT2D eigenvalue weighted by Gasteiger charge is 2.21. The van der Waals surface area contributed by atoms with Gasteiger partial charge in [-0.15, -0.1) is 0 Å². The first-order valence-corrected chi connectivity index (χ1v) is 11.3. The Kier molecular flexibility index (Phi) is 6.41. The first-order valence-electron chi connectivity index (χ1n) is 8.63. The molecule has 0 saturated carbocycles. The maximum Gasteiger partial charge on any atom is 0.225 e. The summed E-state index contributed by atoms with van der Waals surface area (Å²) in [6.07, 6.45) is 3.57. The largest absolute Gasteiger partial charge is 0.340 e. The SMILES string of the molecule is Clc1cc(Cl)cc(-c2nc(I)c(CN3CCN(c4ncc(Br)cn4)CC3)[nH]2)c1. The second kappa shape index (κ2) is 8.83. The van der Waals surface area contributed by atoms with Crippen molar-refractivity contribution in [3.63, 3.8) is 0 Å². The van der Waals surface area contributed by atoms with Crippen LogP contribution in [0.15, 0.2) is 35.1 Å². The van der Waals surface area contributed by atoms with E-state index in [9.17, 15) is 0 Å². The topological polar surface area (TPSA) is 60.9 Å². The van der Waals surface area contributed by atoms with Crippen LogP contribution >= 0.6 is 61.7 Å². The molecule has 6 nitrogen and oxygen atoms in total. The highest BCUT2D eigenvalue weighted by atomic mass is 127. The summed E-state index contributed by atoms with van der Waals surface area (Å²) in [5, 5.41) is 1.20. The summed E-state index contributed by atoms with van der Waals surface area (Å²) in [5.74, 6) is 1.56. The molecular weight excluding hydrogens is 578 g/mol. The lowest BCUT2D eigenvalue weighted by Gasteiger charge is -2.34. The number of hydrogen-bond donors (Lipinski definition) is 1. The molecule has 1 N–H and O–H groups in total. The Morgan fingerprint density at radius 3 is 2.32 bits per heavy atom. The van der Waals surface area contributed by atoms with E-state index < -0.39 is 0 Å². The number of nitrogens with one attached hydrogen (secondary N) is 1. The number of anilines is 1. The monoisotopic (exact) mass is 592 g/mol. The molecular formula is C18H16BrCl2IN6. The van der Waals surface area contributed by atoms with E-state index >= 15 is 0 Å². The van der Waals surface area contributed by atoms with Crippen LogP contribution < -0.4 is 4.90 Å². The van der Waals surface area contributed by atoms with Crippen LogP contribution in [0.1, 0.15) is 5.69 Å². The minimum atomic E-state index is 0.599. The van der Waals surface area contributed by atoms with Gasteiger partial charge in [0.05, 0.1) is 10.2 Å².